The van der Waals surface area contributed by atoms with Gasteiger partial charge in [0.1, 0.15) is 18.4 Å². The van der Waals surface area contributed by atoms with E-state index in [-0.39, 0.29) is 49.3 Å². The SMILES string of the molecule is CC(C)(C)OC(=O)N1CCC(CO)(CCc2ccc3c4c2NCCn4c(=O)n3C2CCC(=O)N(COCC[Si](C)(C)C)C2=O)CC1. The Morgan fingerprint density at radius 1 is 1.11 bits per heavy atom. The van der Waals surface area contributed by atoms with Crippen molar-refractivity contribution in [2.24, 2.45) is 5.41 Å². The number of likely N-dealkylation sites (tertiary alicyclic amines) is 2. The molecule has 0 aliphatic carbocycles. The number of benzene rings is 1. The summed E-state index contributed by atoms with van der Waals surface area (Å²) < 4.78 is 14.6. The predicted octanol–water partition coefficient (Wildman–Crippen LogP) is 4.17. The molecule has 3 aliphatic rings. The number of carbonyl (C=O) groups is 3. The van der Waals surface area contributed by atoms with E-state index in [2.05, 4.69) is 25.0 Å². The highest BCUT2D eigenvalue weighted by Gasteiger charge is 2.39. The van der Waals surface area contributed by atoms with Crippen LogP contribution in [0, 0.1) is 5.41 Å². The zero-order chi connectivity index (χ0) is 33.4. The first-order valence-corrected chi connectivity index (χ1v) is 20.3. The molecule has 2 fully saturated rings. The molecule has 0 saturated carbocycles. The first-order chi connectivity index (χ1) is 21.6. The van der Waals surface area contributed by atoms with Gasteiger partial charge in [-0.2, -0.15) is 0 Å². The second kappa shape index (κ2) is 13.2. The van der Waals surface area contributed by atoms with Crippen LogP contribution in [0.3, 0.4) is 0 Å². The van der Waals surface area contributed by atoms with E-state index in [1.54, 1.807) is 14.0 Å². The summed E-state index contributed by atoms with van der Waals surface area (Å²) in [4.78, 5) is 55.7. The topological polar surface area (TPSA) is 135 Å². The molecule has 0 spiro atoms. The summed E-state index contributed by atoms with van der Waals surface area (Å²) in [7, 11) is -1.32. The fourth-order valence-corrected chi connectivity index (χ4v) is 7.49. The van der Waals surface area contributed by atoms with E-state index in [9.17, 15) is 24.3 Å². The van der Waals surface area contributed by atoms with Gasteiger partial charge in [0.25, 0.3) is 5.91 Å². The summed E-state index contributed by atoms with van der Waals surface area (Å²) in [6, 6.07) is 4.07. The van der Waals surface area contributed by atoms with Crippen molar-refractivity contribution in [3.05, 3.63) is 28.2 Å². The second-order valence-electron chi connectivity index (χ2n) is 15.4. The number of nitrogens with zero attached hydrogens (tertiary/aromatic N) is 4. The molecule has 5 rings (SSSR count). The third-order valence-electron chi connectivity index (χ3n) is 9.59. The first-order valence-electron chi connectivity index (χ1n) is 16.6. The van der Waals surface area contributed by atoms with Crippen LogP contribution in [0.4, 0.5) is 10.5 Å². The monoisotopic (exact) mass is 657 g/mol. The fraction of sp³-hybridized carbons (Fsp3) is 0.697. The van der Waals surface area contributed by atoms with Crippen LogP contribution in [0.15, 0.2) is 16.9 Å². The Kier molecular flexibility index (Phi) is 9.77. The maximum Gasteiger partial charge on any atom is 0.410 e. The Bertz CT molecular complexity index is 1530. The molecule has 1 aromatic heterocycles. The number of amides is 3. The summed E-state index contributed by atoms with van der Waals surface area (Å²) in [5, 5.41) is 14.0. The first kappa shape index (κ1) is 34.2. The summed E-state index contributed by atoms with van der Waals surface area (Å²) in [5.41, 5.74) is 2.25. The van der Waals surface area contributed by atoms with Gasteiger partial charge in [0.15, 0.2) is 0 Å². The molecular formula is C33H51N5O7Si. The number of piperidine rings is 2. The third kappa shape index (κ3) is 7.21. The highest BCUT2D eigenvalue weighted by Crippen LogP contribution is 2.39. The molecule has 13 heteroatoms. The average Bonchev–Trinajstić information content (AvgIpc) is 3.27. The summed E-state index contributed by atoms with van der Waals surface area (Å²) in [6.07, 6.45) is 2.89. The van der Waals surface area contributed by atoms with Crippen molar-refractivity contribution in [3.63, 3.8) is 0 Å². The maximum absolute atomic E-state index is 13.8. The lowest BCUT2D eigenvalue weighted by Crippen LogP contribution is -2.48. The van der Waals surface area contributed by atoms with Gasteiger partial charge in [-0.25, -0.2) is 9.59 Å². The number of imidazole rings is 1. The largest absolute Gasteiger partial charge is 0.444 e. The molecule has 2 saturated heterocycles. The highest BCUT2D eigenvalue weighted by molar-refractivity contribution is 6.76. The lowest BCUT2D eigenvalue weighted by Gasteiger charge is -2.41. The minimum absolute atomic E-state index is 0.0299. The molecule has 1 aromatic carbocycles. The molecule has 1 unspecified atom stereocenters. The number of aromatic nitrogens is 2. The van der Waals surface area contributed by atoms with Crippen molar-refractivity contribution in [1.29, 1.82) is 0 Å². The molecule has 12 nitrogen and oxygen atoms in total. The predicted molar refractivity (Wildman–Crippen MR) is 179 cm³/mol. The molecular weight excluding hydrogens is 606 g/mol. The molecule has 2 aromatic rings. The van der Waals surface area contributed by atoms with Gasteiger partial charge < -0.3 is 24.8 Å². The van der Waals surface area contributed by atoms with Gasteiger partial charge in [-0.3, -0.25) is 23.6 Å². The maximum atomic E-state index is 13.8. The zero-order valence-electron chi connectivity index (χ0n) is 28.3. The lowest BCUT2D eigenvalue weighted by atomic mass is 9.74. The van der Waals surface area contributed by atoms with Crippen molar-refractivity contribution < 1.29 is 29.0 Å². The second-order valence-corrected chi connectivity index (χ2v) is 21.0. The number of aliphatic hydroxyl groups excluding tert-OH is 1. The number of carbonyl (C=O) groups excluding carboxylic acids is 3. The molecule has 2 N–H and O–H groups in total. The minimum Gasteiger partial charge on any atom is -0.444 e. The molecule has 3 amide bonds. The van der Waals surface area contributed by atoms with Crippen LogP contribution in [0.1, 0.15) is 64.5 Å². The van der Waals surface area contributed by atoms with Crippen molar-refractivity contribution in [2.45, 2.75) is 103 Å². The van der Waals surface area contributed by atoms with Crippen molar-refractivity contribution in [3.8, 4) is 0 Å². The Balaban J connectivity index is 1.33. The van der Waals surface area contributed by atoms with Gasteiger partial charge in [-0.1, -0.05) is 25.7 Å². The number of hydrogen-bond acceptors (Lipinski definition) is 8. The van der Waals surface area contributed by atoms with Crippen molar-refractivity contribution >= 4 is 42.7 Å². The fourth-order valence-electron chi connectivity index (χ4n) is 6.73. The molecule has 3 aliphatic heterocycles. The van der Waals surface area contributed by atoms with Crippen LogP contribution in [-0.4, -0.2) is 95.2 Å². The van der Waals surface area contributed by atoms with Crippen LogP contribution in [0.25, 0.3) is 11.0 Å². The van der Waals surface area contributed by atoms with E-state index in [0.717, 1.165) is 29.2 Å². The third-order valence-corrected chi connectivity index (χ3v) is 11.3. The van der Waals surface area contributed by atoms with Gasteiger partial charge in [-0.15, -0.1) is 0 Å². The van der Waals surface area contributed by atoms with Crippen LogP contribution in [0.2, 0.25) is 25.7 Å². The van der Waals surface area contributed by atoms with Crippen molar-refractivity contribution in [2.75, 3.05) is 44.9 Å². The van der Waals surface area contributed by atoms with Gasteiger partial charge in [-0.05, 0) is 76.0 Å². The normalized spacial score (nSPS) is 20.3. The number of aliphatic hydroxyl groups is 1. The van der Waals surface area contributed by atoms with E-state index in [1.807, 2.05) is 32.9 Å². The van der Waals surface area contributed by atoms with E-state index < -0.39 is 25.6 Å². The van der Waals surface area contributed by atoms with Gasteiger partial charge >= 0.3 is 11.8 Å². The number of imide groups is 1. The molecule has 46 heavy (non-hydrogen) atoms. The minimum atomic E-state index is -1.32. The quantitative estimate of drug-likeness (QED) is 0.221. The zero-order valence-corrected chi connectivity index (χ0v) is 29.3. The molecule has 254 valence electrons. The molecule has 0 radical (unpaired) electrons. The van der Waals surface area contributed by atoms with E-state index in [4.69, 9.17) is 9.47 Å². The van der Waals surface area contributed by atoms with Crippen molar-refractivity contribution in [1.82, 2.24) is 18.9 Å². The van der Waals surface area contributed by atoms with E-state index >= 15 is 0 Å². The lowest BCUT2D eigenvalue weighted by molar-refractivity contribution is -0.157. The summed E-state index contributed by atoms with van der Waals surface area (Å²) in [6.45, 7) is 14.8. The average molecular weight is 658 g/mol. The van der Waals surface area contributed by atoms with Gasteiger partial charge in [0, 0.05) is 53.9 Å². The highest BCUT2D eigenvalue weighted by atomic mass is 28.3. The Morgan fingerprint density at radius 2 is 1.83 bits per heavy atom. The number of rotatable bonds is 10. The molecule has 4 heterocycles. The smallest absolute Gasteiger partial charge is 0.410 e. The Hall–Kier alpha value is -3.16. The standard InChI is InChI=1S/C33H51N5O7Si/c1-32(2,3)45-31(43)35-16-13-33(21-39,14-17-35)12-11-23-7-8-24-28-27(23)34-15-18-36(28)30(42)38(24)25-9-10-26(40)37(29(25)41)22-44-19-20-46(4,5)6/h7-8,25,34,39H,9-22H2,1-6H3. The van der Waals surface area contributed by atoms with E-state index in [1.165, 1.54) is 4.90 Å². The van der Waals surface area contributed by atoms with Crippen LogP contribution in [-0.2, 0) is 32.0 Å². The molecule has 0 bridgehead atoms. The molecule has 1 atom stereocenters. The van der Waals surface area contributed by atoms with Crippen LogP contribution in [0.5, 0.6) is 0 Å². The number of ether oxygens (including phenoxy) is 2. The summed E-state index contributed by atoms with van der Waals surface area (Å²) >= 11 is 0. The van der Waals surface area contributed by atoms with Crippen LogP contribution < -0.4 is 11.0 Å². The Labute approximate surface area is 272 Å². The number of aryl methyl sites for hydroxylation is 1. The van der Waals surface area contributed by atoms with Gasteiger partial charge in [0.2, 0.25) is 5.91 Å². The van der Waals surface area contributed by atoms with Crippen LogP contribution >= 0.6 is 0 Å². The number of hydrogen-bond donors (Lipinski definition) is 2. The number of nitrogens with one attached hydrogen (secondary N) is 1. The van der Waals surface area contributed by atoms with E-state index in [0.29, 0.717) is 57.6 Å². The Morgan fingerprint density at radius 3 is 2.48 bits per heavy atom. The number of anilines is 1. The summed E-state index contributed by atoms with van der Waals surface area (Å²) in [5.74, 6) is -0.666. The van der Waals surface area contributed by atoms with Gasteiger partial charge in [0.05, 0.1) is 16.7 Å².